The summed E-state index contributed by atoms with van der Waals surface area (Å²) in [7, 11) is 0. The molecule has 42 heavy (non-hydrogen) atoms. The highest BCUT2D eigenvalue weighted by atomic mass is 16.3. The summed E-state index contributed by atoms with van der Waals surface area (Å²) in [4.78, 5) is 26.0. The van der Waals surface area contributed by atoms with Crippen LogP contribution in [0, 0.1) is 0 Å². The van der Waals surface area contributed by atoms with Crippen LogP contribution < -0.4 is 16.0 Å². The van der Waals surface area contributed by atoms with Gasteiger partial charge in [0.05, 0.1) is 26.2 Å². The van der Waals surface area contributed by atoms with E-state index < -0.39 is 0 Å². The standard InChI is InChI=1S/C22H10O3.C16H36N/c23-20-10-4-1-5-11-16(10)19-17-12(20)6-2-8-14(17)22(25)15-9-3-7-13(18(15)19)21(11)24;1-5-9-13-17(14-10-6-2,15-11-7-3)16-12-8-4/h1-9,23H;5-16H2,1-4H3/q;+1/p-1. The molecule has 0 amide bonds. The Morgan fingerprint density at radius 1 is 0.500 bits per heavy atom. The normalized spacial score (nSPS) is 12.3. The second kappa shape index (κ2) is 12.8. The van der Waals surface area contributed by atoms with Crippen molar-refractivity contribution in [2.75, 3.05) is 26.2 Å². The third kappa shape index (κ3) is 5.15. The molecule has 2 aliphatic rings. The van der Waals surface area contributed by atoms with Crippen molar-refractivity contribution < 1.29 is 9.59 Å². The van der Waals surface area contributed by atoms with Crippen molar-refractivity contribution >= 4 is 43.1 Å². The van der Waals surface area contributed by atoms with Crippen LogP contribution in [0.3, 0.4) is 0 Å². The first-order chi connectivity index (χ1) is 20.4. The van der Waals surface area contributed by atoms with Crippen molar-refractivity contribution in [3.8, 4) is 16.9 Å². The largest absolute Gasteiger partial charge is 0.872 e. The van der Waals surface area contributed by atoms with Gasteiger partial charge in [-0.05, 0) is 36.5 Å². The zero-order valence-electron chi connectivity index (χ0n) is 25.9. The lowest BCUT2D eigenvalue weighted by Gasteiger charge is -2.39. The lowest BCUT2D eigenvalue weighted by Crippen LogP contribution is -2.50. The summed E-state index contributed by atoms with van der Waals surface area (Å²) in [5, 5.41) is 17.6. The van der Waals surface area contributed by atoms with Crippen molar-refractivity contribution in [3.05, 3.63) is 75.0 Å². The van der Waals surface area contributed by atoms with Gasteiger partial charge in [-0.2, -0.15) is 0 Å². The summed E-state index contributed by atoms with van der Waals surface area (Å²) in [6, 6.07) is 15.8. The number of rotatable bonds is 12. The van der Waals surface area contributed by atoms with Crippen LogP contribution in [0.4, 0.5) is 0 Å². The van der Waals surface area contributed by atoms with Gasteiger partial charge in [-0.1, -0.05) is 114 Å². The first-order valence-electron chi connectivity index (χ1n) is 16.2. The van der Waals surface area contributed by atoms with Gasteiger partial charge in [0.2, 0.25) is 0 Å². The molecule has 4 nitrogen and oxygen atoms in total. The Hall–Kier alpha value is -3.50. The summed E-state index contributed by atoms with van der Waals surface area (Å²) in [6.45, 7) is 15.0. The highest BCUT2D eigenvalue weighted by Crippen LogP contribution is 2.48. The van der Waals surface area contributed by atoms with Crippen LogP contribution in [-0.4, -0.2) is 30.7 Å². The van der Waals surface area contributed by atoms with Gasteiger partial charge in [-0.15, -0.1) is 0 Å². The van der Waals surface area contributed by atoms with Crippen molar-refractivity contribution in [1.82, 2.24) is 0 Å². The minimum atomic E-state index is -0.124. The molecule has 0 atom stereocenters. The molecule has 0 N–H and O–H groups in total. The summed E-state index contributed by atoms with van der Waals surface area (Å²) in [6.07, 6.45) is 11.1. The molecule has 0 bridgehead atoms. The fourth-order valence-electron chi connectivity index (χ4n) is 7.06. The maximum Gasteiger partial charge on any atom is 0.194 e. The van der Waals surface area contributed by atoms with E-state index in [4.69, 9.17) is 0 Å². The molecule has 220 valence electrons. The summed E-state index contributed by atoms with van der Waals surface area (Å²) in [5.74, 6) is -0.124. The van der Waals surface area contributed by atoms with E-state index in [0.29, 0.717) is 48.7 Å². The van der Waals surface area contributed by atoms with Crippen molar-refractivity contribution in [2.24, 2.45) is 0 Å². The SMILES string of the molecule is CCCC[N+](CCCC)(CCCC)CCCC.O=c1c2cccc3c2-c2c4c(cccc14)c([O-])c1cccc(c3=O)c21. The fraction of sp³-hybridized carbons (Fsp3) is 0.421. The molecule has 0 heterocycles. The van der Waals surface area contributed by atoms with Crippen molar-refractivity contribution in [3.63, 3.8) is 0 Å². The Bertz CT molecular complexity index is 1700. The van der Waals surface area contributed by atoms with Gasteiger partial charge in [-0.3, -0.25) is 9.59 Å². The van der Waals surface area contributed by atoms with E-state index in [1.54, 1.807) is 54.6 Å². The number of hydrogen-bond acceptors (Lipinski definition) is 3. The monoisotopic (exact) mass is 563 g/mol. The zero-order chi connectivity index (χ0) is 29.9. The maximum absolute atomic E-state index is 13.0. The van der Waals surface area contributed by atoms with Crippen LogP contribution in [0.25, 0.3) is 54.2 Å². The highest BCUT2D eigenvalue weighted by Gasteiger charge is 2.26. The van der Waals surface area contributed by atoms with Gasteiger partial charge in [0.1, 0.15) is 0 Å². The van der Waals surface area contributed by atoms with Crippen LogP contribution in [0.5, 0.6) is 5.75 Å². The molecule has 0 aliphatic heterocycles. The average Bonchev–Trinajstić information content (AvgIpc) is 3.03. The predicted octanol–water partition coefficient (Wildman–Crippen LogP) is 8.52. The van der Waals surface area contributed by atoms with Gasteiger partial charge < -0.3 is 9.59 Å². The second-order valence-electron chi connectivity index (χ2n) is 12.2. The molecule has 6 rings (SSSR count). The predicted molar refractivity (Wildman–Crippen MR) is 178 cm³/mol. The number of unbranched alkanes of at least 4 members (excludes halogenated alkanes) is 4. The van der Waals surface area contributed by atoms with Crippen molar-refractivity contribution in [1.29, 1.82) is 0 Å². The number of nitrogens with zero attached hydrogens (tertiary/aromatic N) is 1. The van der Waals surface area contributed by atoms with Gasteiger partial charge in [-0.25, -0.2) is 0 Å². The molecular formula is C38H45NO3. The number of quaternary nitrogens is 1. The van der Waals surface area contributed by atoms with E-state index in [9.17, 15) is 14.7 Å². The first-order valence-corrected chi connectivity index (χ1v) is 16.2. The first kappa shape index (κ1) is 30.0. The van der Waals surface area contributed by atoms with Gasteiger partial charge in [0.25, 0.3) is 0 Å². The number of benzene rings is 6. The van der Waals surface area contributed by atoms with Crippen LogP contribution in [0.15, 0.2) is 64.2 Å². The Balaban J connectivity index is 0.000000184. The molecule has 0 aromatic heterocycles. The molecule has 0 spiro atoms. The lowest BCUT2D eigenvalue weighted by atomic mass is 9.81. The van der Waals surface area contributed by atoms with E-state index in [0.717, 1.165) is 5.56 Å². The average molecular weight is 564 g/mol. The molecule has 0 saturated carbocycles. The Kier molecular flexibility index (Phi) is 9.13. The Labute approximate surface area is 249 Å². The molecule has 0 fully saturated rings. The quantitative estimate of drug-likeness (QED) is 0.0852. The van der Waals surface area contributed by atoms with E-state index in [1.807, 2.05) is 0 Å². The lowest BCUT2D eigenvalue weighted by molar-refractivity contribution is -0.929. The van der Waals surface area contributed by atoms with Gasteiger partial charge in [0.15, 0.2) is 10.9 Å². The zero-order valence-corrected chi connectivity index (χ0v) is 25.9. The van der Waals surface area contributed by atoms with Crippen LogP contribution in [-0.2, 0) is 0 Å². The second-order valence-corrected chi connectivity index (χ2v) is 12.2. The van der Waals surface area contributed by atoms with Crippen LogP contribution in [0.1, 0.15) is 79.1 Å². The third-order valence-electron chi connectivity index (χ3n) is 9.36. The van der Waals surface area contributed by atoms with Crippen molar-refractivity contribution in [2.45, 2.75) is 79.1 Å². The molecular weight excluding hydrogens is 518 g/mol. The van der Waals surface area contributed by atoms with E-state index >= 15 is 0 Å². The van der Waals surface area contributed by atoms with E-state index in [-0.39, 0.29) is 16.6 Å². The summed E-state index contributed by atoms with van der Waals surface area (Å²) >= 11 is 0. The molecule has 0 radical (unpaired) electrons. The van der Waals surface area contributed by atoms with Crippen LogP contribution >= 0.6 is 0 Å². The van der Waals surface area contributed by atoms with Gasteiger partial charge in [0, 0.05) is 43.4 Å². The Morgan fingerprint density at radius 2 is 0.833 bits per heavy atom. The fourth-order valence-corrected chi connectivity index (χ4v) is 7.06. The Morgan fingerprint density at radius 3 is 1.19 bits per heavy atom. The molecule has 4 aromatic rings. The highest BCUT2D eigenvalue weighted by molar-refractivity contribution is 6.31. The maximum atomic E-state index is 13.0. The summed E-state index contributed by atoms with van der Waals surface area (Å²) < 4.78 is 1.42. The minimum absolute atomic E-state index is 0.124. The molecule has 0 unspecified atom stereocenters. The molecule has 2 aliphatic carbocycles. The molecule has 0 saturated heterocycles. The van der Waals surface area contributed by atoms with Crippen LogP contribution in [0.2, 0.25) is 0 Å². The van der Waals surface area contributed by atoms with E-state index in [2.05, 4.69) is 27.7 Å². The summed E-state index contributed by atoms with van der Waals surface area (Å²) in [5.41, 5.74) is 1.30. The smallest absolute Gasteiger partial charge is 0.194 e. The topological polar surface area (TPSA) is 57.2 Å². The number of hydrogen-bond donors (Lipinski definition) is 0. The molecule has 4 heteroatoms. The molecule has 4 aromatic carbocycles. The third-order valence-corrected chi connectivity index (χ3v) is 9.36. The van der Waals surface area contributed by atoms with Gasteiger partial charge >= 0.3 is 0 Å². The van der Waals surface area contributed by atoms with E-state index in [1.165, 1.54) is 82.0 Å². The minimum Gasteiger partial charge on any atom is -0.872 e.